The number of carbonyl (C=O) groups is 2. The number of ether oxygens (including phenoxy) is 1. The lowest BCUT2D eigenvalue weighted by atomic mass is 9.95. The molecular formula is C10H16O3. The molecule has 0 radical (unpaired) electrons. The van der Waals surface area contributed by atoms with Gasteiger partial charge in [-0.3, -0.25) is 9.59 Å². The van der Waals surface area contributed by atoms with Gasteiger partial charge in [-0.15, -0.1) is 0 Å². The fraction of sp³-hybridized carbons (Fsp3) is 0.800. The molecule has 1 saturated carbocycles. The van der Waals surface area contributed by atoms with E-state index in [1.807, 2.05) is 0 Å². The molecular weight excluding hydrogens is 168 g/mol. The van der Waals surface area contributed by atoms with Crippen LogP contribution in [0, 0.1) is 11.8 Å². The lowest BCUT2D eigenvalue weighted by Crippen LogP contribution is -2.31. The van der Waals surface area contributed by atoms with E-state index in [0.717, 1.165) is 12.8 Å². The Kier molecular flexibility index (Phi) is 3.20. The summed E-state index contributed by atoms with van der Waals surface area (Å²) in [6, 6.07) is 0. The maximum atomic E-state index is 11.5. The van der Waals surface area contributed by atoms with Gasteiger partial charge >= 0.3 is 0 Å². The molecule has 0 aliphatic heterocycles. The molecule has 1 fully saturated rings. The van der Waals surface area contributed by atoms with E-state index in [1.54, 1.807) is 13.8 Å². The first-order valence-corrected chi connectivity index (χ1v) is 4.68. The van der Waals surface area contributed by atoms with Crippen molar-refractivity contribution in [2.45, 2.75) is 32.8 Å². The third-order valence-electron chi connectivity index (χ3n) is 2.59. The van der Waals surface area contributed by atoms with E-state index in [-0.39, 0.29) is 17.5 Å². The number of ketones is 2. The van der Waals surface area contributed by atoms with Crippen LogP contribution in [0.15, 0.2) is 0 Å². The Hall–Kier alpha value is -0.700. The number of rotatable bonds is 5. The van der Waals surface area contributed by atoms with Crippen LogP contribution in [0.5, 0.6) is 0 Å². The Balaban J connectivity index is 2.50. The SMILES string of the molecule is COC(C)C(=O)C(C)C(=O)C1CC1. The van der Waals surface area contributed by atoms with Crippen LogP contribution < -0.4 is 0 Å². The van der Waals surface area contributed by atoms with Crippen LogP contribution >= 0.6 is 0 Å². The Labute approximate surface area is 78.5 Å². The van der Waals surface area contributed by atoms with Gasteiger partial charge in [-0.2, -0.15) is 0 Å². The second-order valence-corrected chi connectivity index (χ2v) is 3.68. The average molecular weight is 184 g/mol. The molecule has 13 heavy (non-hydrogen) atoms. The van der Waals surface area contributed by atoms with Crippen molar-refractivity contribution >= 4 is 11.6 Å². The molecule has 0 saturated heterocycles. The number of hydrogen-bond acceptors (Lipinski definition) is 3. The van der Waals surface area contributed by atoms with Gasteiger partial charge in [0.05, 0.1) is 5.92 Å². The molecule has 2 unspecified atom stereocenters. The fourth-order valence-electron chi connectivity index (χ4n) is 1.33. The van der Waals surface area contributed by atoms with Gasteiger partial charge in [0.15, 0.2) is 5.78 Å². The summed E-state index contributed by atoms with van der Waals surface area (Å²) in [7, 11) is 1.48. The molecule has 0 spiro atoms. The molecule has 1 rings (SSSR count). The zero-order chi connectivity index (χ0) is 10.0. The van der Waals surface area contributed by atoms with Crippen LogP contribution in [-0.2, 0) is 14.3 Å². The Morgan fingerprint density at radius 2 is 1.85 bits per heavy atom. The first-order chi connectivity index (χ1) is 6.07. The standard InChI is InChI=1S/C10H16O3/c1-6(9(11)7(2)13-3)10(12)8-4-5-8/h6-8H,4-5H2,1-3H3. The second-order valence-electron chi connectivity index (χ2n) is 3.68. The van der Waals surface area contributed by atoms with Crippen molar-refractivity contribution in [2.75, 3.05) is 7.11 Å². The lowest BCUT2D eigenvalue weighted by Gasteiger charge is -2.13. The van der Waals surface area contributed by atoms with Crippen LogP contribution in [-0.4, -0.2) is 24.8 Å². The van der Waals surface area contributed by atoms with Crippen LogP contribution in [0.25, 0.3) is 0 Å². The second kappa shape index (κ2) is 4.01. The molecule has 0 amide bonds. The number of methoxy groups -OCH3 is 1. The minimum Gasteiger partial charge on any atom is -0.374 e. The number of carbonyl (C=O) groups excluding carboxylic acids is 2. The summed E-state index contributed by atoms with van der Waals surface area (Å²) in [6.45, 7) is 3.36. The monoisotopic (exact) mass is 184 g/mol. The van der Waals surface area contributed by atoms with E-state index < -0.39 is 12.0 Å². The van der Waals surface area contributed by atoms with E-state index in [1.165, 1.54) is 7.11 Å². The summed E-state index contributed by atoms with van der Waals surface area (Å²) in [5, 5.41) is 0. The molecule has 0 N–H and O–H groups in total. The molecule has 1 aliphatic rings. The highest BCUT2D eigenvalue weighted by molar-refractivity contribution is 6.05. The van der Waals surface area contributed by atoms with Crippen LogP contribution in [0.4, 0.5) is 0 Å². The Bertz CT molecular complexity index is 218. The predicted molar refractivity (Wildman–Crippen MR) is 48.4 cm³/mol. The van der Waals surface area contributed by atoms with Crippen molar-refractivity contribution in [3.8, 4) is 0 Å². The van der Waals surface area contributed by atoms with Crippen molar-refractivity contribution in [3.63, 3.8) is 0 Å². The number of hydrogen-bond donors (Lipinski definition) is 0. The van der Waals surface area contributed by atoms with Crippen molar-refractivity contribution in [3.05, 3.63) is 0 Å². The maximum absolute atomic E-state index is 11.5. The smallest absolute Gasteiger partial charge is 0.171 e. The molecule has 3 nitrogen and oxygen atoms in total. The third kappa shape index (κ3) is 2.37. The van der Waals surface area contributed by atoms with Crippen LogP contribution in [0.2, 0.25) is 0 Å². The minimum atomic E-state index is -0.484. The minimum absolute atomic E-state index is 0.0916. The summed E-state index contributed by atoms with van der Waals surface area (Å²) in [5.41, 5.74) is 0. The average Bonchev–Trinajstić information content (AvgIpc) is 2.96. The molecule has 0 bridgehead atoms. The zero-order valence-corrected chi connectivity index (χ0v) is 8.37. The van der Waals surface area contributed by atoms with Gasteiger partial charge < -0.3 is 4.74 Å². The van der Waals surface area contributed by atoms with Crippen molar-refractivity contribution in [1.82, 2.24) is 0 Å². The Morgan fingerprint density at radius 3 is 2.23 bits per heavy atom. The van der Waals surface area contributed by atoms with Crippen LogP contribution in [0.3, 0.4) is 0 Å². The lowest BCUT2D eigenvalue weighted by molar-refractivity contribution is -0.138. The predicted octanol–water partition coefficient (Wildman–Crippen LogP) is 1.21. The molecule has 0 aromatic heterocycles. The maximum Gasteiger partial charge on any atom is 0.171 e. The van der Waals surface area contributed by atoms with Crippen molar-refractivity contribution in [1.29, 1.82) is 0 Å². The first kappa shape index (κ1) is 10.4. The topological polar surface area (TPSA) is 43.4 Å². The highest BCUT2D eigenvalue weighted by Gasteiger charge is 2.36. The van der Waals surface area contributed by atoms with E-state index in [2.05, 4.69) is 0 Å². The van der Waals surface area contributed by atoms with Crippen molar-refractivity contribution in [2.24, 2.45) is 11.8 Å². The van der Waals surface area contributed by atoms with Gasteiger partial charge in [-0.05, 0) is 26.7 Å². The quantitative estimate of drug-likeness (QED) is 0.603. The third-order valence-corrected chi connectivity index (χ3v) is 2.59. The normalized spacial score (nSPS) is 20.8. The largest absolute Gasteiger partial charge is 0.374 e. The molecule has 74 valence electrons. The van der Waals surface area contributed by atoms with Gasteiger partial charge in [0, 0.05) is 13.0 Å². The Morgan fingerprint density at radius 1 is 1.31 bits per heavy atom. The summed E-state index contributed by atoms with van der Waals surface area (Å²) in [4.78, 5) is 23.0. The van der Waals surface area contributed by atoms with E-state index in [9.17, 15) is 9.59 Å². The highest BCUT2D eigenvalue weighted by atomic mass is 16.5. The van der Waals surface area contributed by atoms with E-state index >= 15 is 0 Å². The summed E-state index contributed by atoms with van der Waals surface area (Å²) in [5.74, 6) is -0.334. The molecule has 0 aromatic rings. The summed E-state index contributed by atoms with van der Waals surface area (Å²) >= 11 is 0. The molecule has 0 aromatic carbocycles. The summed E-state index contributed by atoms with van der Waals surface area (Å²) < 4.78 is 4.88. The fourth-order valence-corrected chi connectivity index (χ4v) is 1.33. The van der Waals surface area contributed by atoms with Gasteiger partial charge in [-0.1, -0.05) is 0 Å². The molecule has 2 atom stereocenters. The van der Waals surface area contributed by atoms with Gasteiger partial charge in [-0.25, -0.2) is 0 Å². The van der Waals surface area contributed by atoms with E-state index in [0.29, 0.717) is 0 Å². The first-order valence-electron chi connectivity index (χ1n) is 4.68. The zero-order valence-electron chi connectivity index (χ0n) is 8.37. The number of Topliss-reactive ketones (excluding diaryl/α,β-unsaturated/α-hetero) is 2. The van der Waals surface area contributed by atoms with Gasteiger partial charge in [0.25, 0.3) is 0 Å². The van der Waals surface area contributed by atoms with Gasteiger partial charge in [0.2, 0.25) is 0 Å². The van der Waals surface area contributed by atoms with Gasteiger partial charge in [0.1, 0.15) is 11.9 Å². The molecule has 3 heteroatoms. The molecule has 1 aliphatic carbocycles. The summed E-state index contributed by atoms with van der Waals surface area (Å²) in [6.07, 6.45) is 1.45. The van der Waals surface area contributed by atoms with Crippen molar-refractivity contribution < 1.29 is 14.3 Å². The molecule has 0 heterocycles. The van der Waals surface area contributed by atoms with E-state index in [4.69, 9.17) is 4.74 Å². The van der Waals surface area contributed by atoms with Crippen LogP contribution in [0.1, 0.15) is 26.7 Å². The highest BCUT2D eigenvalue weighted by Crippen LogP contribution is 2.32.